The maximum atomic E-state index is 10.6. The molecule has 0 aliphatic rings. The highest BCUT2D eigenvalue weighted by Crippen LogP contribution is 2.29. The van der Waals surface area contributed by atoms with E-state index in [-0.39, 0.29) is 0 Å². The summed E-state index contributed by atoms with van der Waals surface area (Å²) in [5.74, 6) is 0.550. The summed E-state index contributed by atoms with van der Waals surface area (Å²) in [6, 6.07) is 3.26. The Kier molecular flexibility index (Phi) is 3.75. The van der Waals surface area contributed by atoms with Crippen LogP contribution in [0.3, 0.4) is 0 Å². The topological polar surface area (TPSA) is 26.3 Å². The van der Waals surface area contributed by atoms with Crippen molar-refractivity contribution in [2.24, 2.45) is 0 Å². The lowest BCUT2D eigenvalue weighted by atomic mass is 10.2. The zero-order chi connectivity index (χ0) is 9.84. The first-order valence-corrected chi connectivity index (χ1v) is 4.93. The van der Waals surface area contributed by atoms with Gasteiger partial charge in [-0.1, -0.05) is 11.6 Å². The minimum absolute atomic E-state index is 0.468. The van der Waals surface area contributed by atoms with Gasteiger partial charge in [-0.2, -0.15) is 0 Å². The minimum Gasteiger partial charge on any atom is -0.493 e. The number of rotatable bonds is 3. The first-order chi connectivity index (χ1) is 6.19. The summed E-state index contributed by atoms with van der Waals surface area (Å²) in [5, 5.41) is 0.505. The third-order valence-corrected chi connectivity index (χ3v) is 2.68. The van der Waals surface area contributed by atoms with E-state index in [9.17, 15) is 4.79 Å². The van der Waals surface area contributed by atoms with Gasteiger partial charge in [-0.3, -0.25) is 4.79 Å². The summed E-state index contributed by atoms with van der Waals surface area (Å²) >= 11 is 9.05. The maximum absolute atomic E-state index is 10.6. The first kappa shape index (κ1) is 10.5. The minimum atomic E-state index is 0.468. The normalized spacial score (nSPS) is 9.77. The van der Waals surface area contributed by atoms with Gasteiger partial charge in [0.05, 0.1) is 17.2 Å². The summed E-state index contributed by atoms with van der Waals surface area (Å²) in [6.07, 6.45) is 0.726. The standard InChI is InChI=1S/C9H8BrClO2/c1-2-13-9-4-7(10)8(11)3-6(9)5-12/h3-5H,2H2,1H3. The Hall–Kier alpha value is -0.540. The molecule has 70 valence electrons. The van der Waals surface area contributed by atoms with Crippen molar-refractivity contribution in [3.63, 3.8) is 0 Å². The van der Waals surface area contributed by atoms with Crippen molar-refractivity contribution in [1.82, 2.24) is 0 Å². The van der Waals surface area contributed by atoms with Crippen molar-refractivity contribution in [1.29, 1.82) is 0 Å². The number of benzene rings is 1. The largest absolute Gasteiger partial charge is 0.493 e. The number of carbonyl (C=O) groups excluding carboxylic acids is 1. The fraction of sp³-hybridized carbons (Fsp3) is 0.222. The van der Waals surface area contributed by atoms with Crippen molar-refractivity contribution < 1.29 is 9.53 Å². The van der Waals surface area contributed by atoms with E-state index in [1.807, 2.05) is 6.92 Å². The molecule has 0 radical (unpaired) electrons. The monoisotopic (exact) mass is 262 g/mol. The predicted octanol–water partition coefficient (Wildman–Crippen LogP) is 3.31. The first-order valence-electron chi connectivity index (χ1n) is 3.76. The summed E-state index contributed by atoms with van der Waals surface area (Å²) in [4.78, 5) is 10.6. The van der Waals surface area contributed by atoms with E-state index in [4.69, 9.17) is 16.3 Å². The molecule has 0 aromatic heterocycles. The average Bonchev–Trinajstić information content (AvgIpc) is 2.11. The van der Waals surface area contributed by atoms with Gasteiger partial charge in [0.15, 0.2) is 6.29 Å². The van der Waals surface area contributed by atoms with Crippen molar-refractivity contribution in [2.75, 3.05) is 6.61 Å². The molecule has 13 heavy (non-hydrogen) atoms. The van der Waals surface area contributed by atoms with Gasteiger partial charge in [0, 0.05) is 4.47 Å². The molecule has 2 nitrogen and oxygen atoms in total. The molecular formula is C9H8BrClO2. The zero-order valence-electron chi connectivity index (χ0n) is 7.01. The number of ether oxygens (including phenoxy) is 1. The van der Waals surface area contributed by atoms with E-state index in [2.05, 4.69) is 15.9 Å². The SMILES string of the molecule is CCOc1cc(Br)c(Cl)cc1C=O. The number of hydrogen-bond donors (Lipinski definition) is 0. The third-order valence-electron chi connectivity index (χ3n) is 1.48. The van der Waals surface area contributed by atoms with Crippen LogP contribution in [0.25, 0.3) is 0 Å². The highest BCUT2D eigenvalue weighted by atomic mass is 79.9. The molecular weight excluding hydrogens is 255 g/mol. The molecule has 0 unspecified atom stereocenters. The van der Waals surface area contributed by atoms with Gasteiger partial charge >= 0.3 is 0 Å². The molecule has 0 bridgehead atoms. The highest BCUT2D eigenvalue weighted by molar-refractivity contribution is 9.10. The van der Waals surface area contributed by atoms with E-state index < -0.39 is 0 Å². The molecule has 1 aromatic carbocycles. The Labute approximate surface area is 90.0 Å². The lowest BCUT2D eigenvalue weighted by Gasteiger charge is -2.07. The molecule has 1 aromatic rings. The molecule has 0 saturated heterocycles. The van der Waals surface area contributed by atoms with E-state index in [0.717, 1.165) is 10.8 Å². The maximum Gasteiger partial charge on any atom is 0.153 e. The van der Waals surface area contributed by atoms with E-state index in [0.29, 0.717) is 22.9 Å². The smallest absolute Gasteiger partial charge is 0.153 e. The molecule has 0 spiro atoms. The van der Waals surface area contributed by atoms with Gasteiger partial charge in [0.2, 0.25) is 0 Å². The number of carbonyl (C=O) groups is 1. The molecule has 0 N–H and O–H groups in total. The number of halogens is 2. The summed E-state index contributed by atoms with van der Waals surface area (Å²) in [6.45, 7) is 2.38. The number of aldehydes is 1. The molecule has 4 heteroatoms. The summed E-state index contributed by atoms with van der Waals surface area (Å²) in [7, 11) is 0. The third kappa shape index (κ3) is 2.45. The van der Waals surface area contributed by atoms with E-state index in [1.165, 1.54) is 0 Å². The molecule has 0 saturated carbocycles. The van der Waals surface area contributed by atoms with E-state index in [1.54, 1.807) is 12.1 Å². The predicted molar refractivity (Wildman–Crippen MR) is 55.7 cm³/mol. The van der Waals surface area contributed by atoms with Gasteiger partial charge < -0.3 is 4.74 Å². The van der Waals surface area contributed by atoms with Crippen LogP contribution in [-0.4, -0.2) is 12.9 Å². The number of hydrogen-bond acceptors (Lipinski definition) is 2. The van der Waals surface area contributed by atoms with Crippen LogP contribution in [0.2, 0.25) is 5.02 Å². The van der Waals surface area contributed by atoms with Crippen LogP contribution in [0.5, 0.6) is 5.75 Å². The van der Waals surface area contributed by atoms with Crippen LogP contribution in [0.1, 0.15) is 17.3 Å². The molecule has 0 atom stereocenters. The Morgan fingerprint density at radius 1 is 1.62 bits per heavy atom. The van der Waals surface area contributed by atoms with Crippen LogP contribution in [0, 0.1) is 0 Å². The average molecular weight is 264 g/mol. The second-order valence-corrected chi connectivity index (χ2v) is 3.62. The molecule has 0 heterocycles. The zero-order valence-corrected chi connectivity index (χ0v) is 9.35. The summed E-state index contributed by atoms with van der Waals surface area (Å²) < 4.78 is 5.97. The van der Waals surface area contributed by atoms with Crippen molar-refractivity contribution in [3.8, 4) is 5.75 Å². The molecule has 0 aliphatic carbocycles. The van der Waals surface area contributed by atoms with Crippen molar-refractivity contribution >= 4 is 33.8 Å². The Morgan fingerprint density at radius 3 is 2.85 bits per heavy atom. The Bertz CT molecular complexity index is 326. The van der Waals surface area contributed by atoms with Crippen LogP contribution in [0.4, 0.5) is 0 Å². The Balaban J connectivity index is 3.16. The van der Waals surface area contributed by atoms with Gasteiger partial charge in [-0.05, 0) is 35.0 Å². The van der Waals surface area contributed by atoms with Crippen LogP contribution < -0.4 is 4.74 Å². The lowest BCUT2D eigenvalue weighted by molar-refractivity contribution is 0.112. The fourth-order valence-electron chi connectivity index (χ4n) is 0.917. The van der Waals surface area contributed by atoms with Gasteiger partial charge in [-0.25, -0.2) is 0 Å². The second-order valence-electron chi connectivity index (χ2n) is 2.36. The molecule has 0 amide bonds. The van der Waals surface area contributed by atoms with Crippen molar-refractivity contribution in [3.05, 3.63) is 27.2 Å². The van der Waals surface area contributed by atoms with Crippen LogP contribution >= 0.6 is 27.5 Å². The van der Waals surface area contributed by atoms with E-state index >= 15 is 0 Å². The molecule has 0 aliphatic heterocycles. The lowest BCUT2D eigenvalue weighted by Crippen LogP contribution is -1.96. The van der Waals surface area contributed by atoms with Gasteiger partial charge in [-0.15, -0.1) is 0 Å². The summed E-state index contributed by atoms with van der Waals surface area (Å²) in [5.41, 5.74) is 0.468. The fourth-order valence-corrected chi connectivity index (χ4v) is 1.41. The van der Waals surface area contributed by atoms with Crippen LogP contribution in [-0.2, 0) is 0 Å². The Morgan fingerprint density at radius 2 is 2.31 bits per heavy atom. The van der Waals surface area contributed by atoms with Gasteiger partial charge in [0.1, 0.15) is 5.75 Å². The van der Waals surface area contributed by atoms with Crippen LogP contribution in [0.15, 0.2) is 16.6 Å². The quantitative estimate of drug-likeness (QED) is 0.782. The second kappa shape index (κ2) is 4.63. The van der Waals surface area contributed by atoms with Crippen molar-refractivity contribution in [2.45, 2.75) is 6.92 Å². The van der Waals surface area contributed by atoms with Gasteiger partial charge in [0.25, 0.3) is 0 Å². The molecule has 0 fully saturated rings. The highest BCUT2D eigenvalue weighted by Gasteiger charge is 2.06. The molecule has 1 rings (SSSR count).